The predicted octanol–water partition coefficient (Wildman–Crippen LogP) is 3.32. The van der Waals surface area contributed by atoms with E-state index in [9.17, 15) is 4.79 Å². The van der Waals surface area contributed by atoms with Crippen molar-refractivity contribution in [3.05, 3.63) is 58.1 Å². The summed E-state index contributed by atoms with van der Waals surface area (Å²) in [5.41, 5.74) is 5.67. The number of nitrogens with one attached hydrogen (secondary N) is 1. The fourth-order valence-corrected chi connectivity index (χ4v) is 4.25. The van der Waals surface area contributed by atoms with E-state index in [0.29, 0.717) is 30.7 Å². The number of hydrogen-bond donors (Lipinski definition) is 1. The van der Waals surface area contributed by atoms with Gasteiger partial charge in [-0.3, -0.25) is 9.48 Å². The first kappa shape index (κ1) is 22.6. The van der Waals surface area contributed by atoms with E-state index < -0.39 is 0 Å². The Morgan fingerprint density at radius 3 is 2.45 bits per heavy atom. The van der Waals surface area contributed by atoms with E-state index >= 15 is 0 Å². The Kier molecular flexibility index (Phi) is 6.22. The van der Waals surface area contributed by atoms with Crippen molar-refractivity contribution >= 4 is 23.7 Å². The lowest BCUT2D eigenvalue weighted by molar-refractivity contribution is -0.124. The van der Waals surface area contributed by atoms with Crippen LogP contribution in [0.25, 0.3) is 6.08 Å². The van der Waals surface area contributed by atoms with Crippen LogP contribution in [0, 0.1) is 34.6 Å². The fourth-order valence-electron chi connectivity index (χ4n) is 4.25. The number of anilines is 2. The van der Waals surface area contributed by atoms with Crippen molar-refractivity contribution in [2.24, 2.45) is 7.05 Å². The zero-order valence-corrected chi connectivity index (χ0v) is 20.0. The number of nitrogens with zero attached hydrogens (tertiary/aromatic N) is 7. The van der Waals surface area contributed by atoms with Gasteiger partial charge in [-0.15, -0.1) is 0 Å². The molecule has 0 radical (unpaired) electrons. The van der Waals surface area contributed by atoms with E-state index in [0.717, 1.165) is 40.5 Å². The van der Waals surface area contributed by atoms with Crippen LogP contribution in [0.3, 0.4) is 0 Å². The summed E-state index contributed by atoms with van der Waals surface area (Å²) in [6.07, 6.45) is 4.38. The molecule has 9 nitrogen and oxygen atoms in total. The van der Waals surface area contributed by atoms with E-state index in [-0.39, 0.29) is 11.8 Å². The maximum absolute atomic E-state index is 12.8. The van der Waals surface area contributed by atoms with E-state index in [1.807, 2.05) is 69.5 Å². The molecule has 0 spiro atoms. The standard InChI is InChI=1S/C24H30N8O/c1-14-11-15(2)26-24(25-14)29-22-12-21(27-18(5)28-22)19-9-10-32(13-19)23(33)8-7-20-16(3)30-31(6)17(20)4/h7-8,11-12,19H,9-10,13H2,1-6H3,(H,25,26,27,28,29)/b8-7+/t19-/m1/s1. The maximum atomic E-state index is 12.8. The van der Waals surface area contributed by atoms with E-state index in [1.54, 1.807) is 6.08 Å². The Morgan fingerprint density at radius 2 is 1.79 bits per heavy atom. The number of carbonyl (C=O) groups is 1. The lowest BCUT2D eigenvalue weighted by Gasteiger charge is -2.15. The molecule has 4 rings (SSSR count). The molecule has 1 amide bonds. The minimum atomic E-state index is 0.00733. The molecule has 1 aliphatic rings. The van der Waals surface area contributed by atoms with Crippen LogP contribution in [0.1, 0.15) is 52.2 Å². The Labute approximate surface area is 194 Å². The molecule has 0 aromatic carbocycles. The number of amides is 1. The number of carbonyl (C=O) groups excluding carboxylic acids is 1. The molecule has 0 saturated carbocycles. The monoisotopic (exact) mass is 446 g/mol. The smallest absolute Gasteiger partial charge is 0.246 e. The van der Waals surface area contributed by atoms with E-state index in [1.165, 1.54) is 0 Å². The zero-order valence-electron chi connectivity index (χ0n) is 20.0. The summed E-state index contributed by atoms with van der Waals surface area (Å²) in [6, 6.07) is 3.86. The summed E-state index contributed by atoms with van der Waals surface area (Å²) in [5, 5.41) is 7.61. The van der Waals surface area contributed by atoms with Crippen molar-refractivity contribution < 1.29 is 4.79 Å². The fraction of sp³-hybridized carbons (Fsp3) is 0.417. The highest BCUT2D eigenvalue weighted by molar-refractivity contribution is 5.92. The number of rotatable bonds is 5. The predicted molar refractivity (Wildman–Crippen MR) is 127 cm³/mol. The summed E-state index contributed by atoms with van der Waals surface area (Å²) in [4.78, 5) is 32.7. The van der Waals surface area contributed by atoms with Gasteiger partial charge < -0.3 is 10.2 Å². The third kappa shape index (κ3) is 5.08. The van der Waals surface area contributed by atoms with E-state index in [2.05, 4.69) is 30.4 Å². The third-order valence-corrected chi connectivity index (χ3v) is 5.96. The van der Waals surface area contributed by atoms with Crippen molar-refractivity contribution in [3.8, 4) is 0 Å². The van der Waals surface area contributed by atoms with Gasteiger partial charge >= 0.3 is 0 Å². The van der Waals surface area contributed by atoms with Gasteiger partial charge in [0.05, 0.1) is 11.4 Å². The maximum Gasteiger partial charge on any atom is 0.246 e. The van der Waals surface area contributed by atoms with Crippen LogP contribution in [-0.4, -0.2) is 53.6 Å². The van der Waals surface area contributed by atoms with Crippen molar-refractivity contribution in [2.75, 3.05) is 18.4 Å². The first-order valence-electron chi connectivity index (χ1n) is 11.1. The summed E-state index contributed by atoms with van der Waals surface area (Å²) >= 11 is 0. The van der Waals surface area contributed by atoms with Gasteiger partial charge in [0.15, 0.2) is 0 Å². The number of hydrogen-bond acceptors (Lipinski definition) is 7. The first-order valence-corrected chi connectivity index (χ1v) is 11.1. The second kappa shape index (κ2) is 9.09. The molecule has 172 valence electrons. The molecule has 3 aromatic heterocycles. The summed E-state index contributed by atoms with van der Waals surface area (Å²) in [6.45, 7) is 11.0. The minimum absolute atomic E-state index is 0.00733. The minimum Gasteiger partial charge on any atom is -0.338 e. The Balaban J connectivity index is 1.46. The first-order chi connectivity index (χ1) is 15.7. The molecule has 0 bridgehead atoms. The molecule has 9 heteroatoms. The van der Waals surface area contributed by atoms with Gasteiger partial charge in [-0.2, -0.15) is 5.10 Å². The molecule has 1 fully saturated rings. The van der Waals surface area contributed by atoms with Gasteiger partial charge in [0.25, 0.3) is 0 Å². The second-order valence-electron chi connectivity index (χ2n) is 8.64. The van der Waals surface area contributed by atoms with Crippen LogP contribution < -0.4 is 5.32 Å². The van der Waals surface area contributed by atoms with Gasteiger partial charge in [0, 0.05) is 60.8 Å². The van der Waals surface area contributed by atoms with Crippen molar-refractivity contribution in [2.45, 2.75) is 47.0 Å². The van der Waals surface area contributed by atoms with Crippen molar-refractivity contribution in [1.82, 2.24) is 34.6 Å². The molecular formula is C24H30N8O. The summed E-state index contributed by atoms with van der Waals surface area (Å²) in [5.74, 6) is 2.02. The molecule has 1 atom stereocenters. The molecule has 1 aliphatic heterocycles. The highest BCUT2D eigenvalue weighted by atomic mass is 16.2. The number of aryl methyl sites for hydroxylation is 5. The molecule has 33 heavy (non-hydrogen) atoms. The average molecular weight is 447 g/mol. The highest BCUT2D eigenvalue weighted by Gasteiger charge is 2.28. The third-order valence-electron chi connectivity index (χ3n) is 5.96. The molecular weight excluding hydrogens is 416 g/mol. The molecule has 4 heterocycles. The normalized spacial score (nSPS) is 16.1. The van der Waals surface area contributed by atoms with Crippen molar-refractivity contribution in [3.63, 3.8) is 0 Å². The van der Waals surface area contributed by atoms with Gasteiger partial charge in [0.1, 0.15) is 11.6 Å². The van der Waals surface area contributed by atoms with Crippen LogP contribution in [-0.2, 0) is 11.8 Å². The molecule has 0 aliphatic carbocycles. The lowest BCUT2D eigenvalue weighted by atomic mass is 10.0. The van der Waals surface area contributed by atoms with Crippen molar-refractivity contribution in [1.29, 1.82) is 0 Å². The average Bonchev–Trinajstić information content (AvgIpc) is 3.31. The second-order valence-corrected chi connectivity index (χ2v) is 8.64. The lowest BCUT2D eigenvalue weighted by Crippen LogP contribution is -2.26. The molecule has 3 aromatic rings. The molecule has 1 saturated heterocycles. The summed E-state index contributed by atoms with van der Waals surface area (Å²) in [7, 11) is 1.91. The van der Waals surface area contributed by atoms with Crippen LogP contribution in [0.15, 0.2) is 18.2 Å². The van der Waals surface area contributed by atoms with Crippen LogP contribution in [0.5, 0.6) is 0 Å². The topological polar surface area (TPSA) is 102 Å². The molecule has 0 unspecified atom stereocenters. The molecule has 1 N–H and O–H groups in total. The van der Waals surface area contributed by atoms with Crippen LogP contribution in [0.4, 0.5) is 11.8 Å². The van der Waals surface area contributed by atoms with Crippen LogP contribution in [0.2, 0.25) is 0 Å². The van der Waals surface area contributed by atoms with Gasteiger partial charge in [-0.1, -0.05) is 0 Å². The highest BCUT2D eigenvalue weighted by Crippen LogP contribution is 2.28. The van der Waals surface area contributed by atoms with Crippen LogP contribution >= 0.6 is 0 Å². The largest absolute Gasteiger partial charge is 0.338 e. The zero-order chi connectivity index (χ0) is 23.7. The SMILES string of the molecule is Cc1cc(C)nc(Nc2cc([C@@H]3CCN(C(=O)/C=C/c4c(C)nn(C)c4C)C3)nc(C)n2)n1. The number of likely N-dealkylation sites (tertiary alicyclic amines) is 1. The number of aromatic nitrogens is 6. The van der Waals surface area contributed by atoms with Gasteiger partial charge in [0.2, 0.25) is 11.9 Å². The Morgan fingerprint density at radius 1 is 1.06 bits per heavy atom. The quantitative estimate of drug-likeness (QED) is 0.600. The van der Waals surface area contributed by atoms with E-state index in [4.69, 9.17) is 0 Å². The Bertz CT molecular complexity index is 1210. The van der Waals surface area contributed by atoms with Gasteiger partial charge in [-0.05, 0) is 53.2 Å². The summed E-state index contributed by atoms with van der Waals surface area (Å²) < 4.78 is 1.83. The Hall–Kier alpha value is -3.62. The van der Waals surface area contributed by atoms with Gasteiger partial charge in [-0.25, -0.2) is 19.9 Å².